The van der Waals surface area contributed by atoms with Gasteiger partial charge < -0.3 is 4.74 Å². The first-order valence-corrected chi connectivity index (χ1v) is 8.21. The molecule has 26 heavy (non-hydrogen) atoms. The maximum atomic E-state index is 11.6. The first-order chi connectivity index (χ1) is 12.7. The molecule has 1 aliphatic rings. The van der Waals surface area contributed by atoms with Crippen molar-refractivity contribution in [3.05, 3.63) is 89.5 Å². The van der Waals surface area contributed by atoms with Crippen molar-refractivity contribution in [1.29, 1.82) is 0 Å². The second kappa shape index (κ2) is 6.46. The average molecular weight is 345 g/mol. The molecule has 2 N–H and O–H groups in total. The van der Waals surface area contributed by atoms with Crippen LogP contribution in [-0.4, -0.2) is 28.4 Å². The Morgan fingerprint density at radius 1 is 0.923 bits per heavy atom. The third-order valence-electron chi connectivity index (χ3n) is 4.45. The van der Waals surface area contributed by atoms with Crippen molar-refractivity contribution in [2.75, 3.05) is 7.05 Å². The van der Waals surface area contributed by atoms with Gasteiger partial charge in [0.25, 0.3) is 5.91 Å². The van der Waals surface area contributed by atoms with E-state index in [1.54, 1.807) is 17.6 Å². The van der Waals surface area contributed by atoms with Crippen molar-refractivity contribution in [2.45, 2.75) is 0 Å². The Balaban J connectivity index is 1.94. The number of ether oxygens (including phenoxy) is 1. The Kier molecular flexibility index (Phi) is 3.99. The molecular formula is C21H17N2O3+. The number of benzene rings is 3. The molecule has 0 spiro atoms. The molecule has 0 atom stereocenters. The fourth-order valence-electron chi connectivity index (χ4n) is 3.18. The van der Waals surface area contributed by atoms with E-state index in [2.05, 4.69) is 4.58 Å². The molecule has 1 amide bonds. The first kappa shape index (κ1) is 16.1. The molecule has 5 heteroatoms. The summed E-state index contributed by atoms with van der Waals surface area (Å²) in [6, 6.07) is 22.8. The Morgan fingerprint density at radius 3 is 2.31 bits per heavy atom. The normalized spacial score (nSPS) is 12.5. The van der Waals surface area contributed by atoms with E-state index in [-0.39, 0.29) is 0 Å². The number of rotatable bonds is 2. The summed E-state index contributed by atoms with van der Waals surface area (Å²) < 4.78 is 8.23. The van der Waals surface area contributed by atoms with Crippen molar-refractivity contribution in [1.82, 2.24) is 5.48 Å². The summed E-state index contributed by atoms with van der Waals surface area (Å²) >= 11 is 0. The third-order valence-corrected chi connectivity index (χ3v) is 4.45. The van der Waals surface area contributed by atoms with Gasteiger partial charge in [0.2, 0.25) is 11.4 Å². The highest BCUT2D eigenvalue weighted by Gasteiger charge is 2.28. The van der Waals surface area contributed by atoms with Crippen molar-refractivity contribution < 1.29 is 19.3 Å². The van der Waals surface area contributed by atoms with Gasteiger partial charge in [0.05, 0.1) is 5.56 Å². The summed E-state index contributed by atoms with van der Waals surface area (Å²) in [4.78, 5) is 11.6. The molecular weight excluding hydrogens is 328 g/mol. The number of hydrogen-bond acceptors (Lipinski definition) is 3. The van der Waals surface area contributed by atoms with Gasteiger partial charge in [-0.05, 0) is 42.5 Å². The molecule has 1 aliphatic heterocycles. The van der Waals surface area contributed by atoms with E-state index in [0.717, 1.165) is 34.0 Å². The number of carbonyl (C=O) groups excluding carboxylic acids is 1. The highest BCUT2D eigenvalue weighted by Crippen LogP contribution is 2.37. The lowest BCUT2D eigenvalue weighted by atomic mass is 9.99. The maximum absolute atomic E-state index is 11.6. The molecule has 4 rings (SSSR count). The van der Waals surface area contributed by atoms with Crippen LogP contribution in [0.25, 0.3) is 0 Å². The van der Waals surface area contributed by atoms with Crippen molar-refractivity contribution in [2.24, 2.45) is 0 Å². The molecule has 0 saturated heterocycles. The summed E-state index contributed by atoms with van der Waals surface area (Å²) in [5.74, 6) is 1.02. The monoisotopic (exact) mass is 345 g/mol. The van der Waals surface area contributed by atoms with Crippen molar-refractivity contribution >= 4 is 17.3 Å². The summed E-state index contributed by atoms with van der Waals surface area (Å²) in [6.07, 6.45) is 0. The molecule has 3 aromatic rings. The standard InChI is InChI=1S/C21H16N2O3/c1-23-17-7-3-5-9-19(17)26-18-8-4-2-6-16(18)20(23)14-10-12-15(13-11-14)21(24)22-25/h2-13H,1H3,(H-,22,24,25)/p+1. The smallest absolute Gasteiger partial charge is 0.274 e. The number of carbonyl (C=O) groups is 1. The van der Waals surface area contributed by atoms with E-state index < -0.39 is 5.91 Å². The summed E-state index contributed by atoms with van der Waals surface area (Å²) in [6.45, 7) is 0. The zero-order chi connectivity index (χ0) is 18.1. The van der Waals surface area contributed by atoms with Gasteiger partial charge in [-0.1, -0.05) is 24.3 Å². The summed E-state index contributed by atoms with van der Waals surface area (Å²) in [7, 11) is 1.99. The van der Waals surface area contributed by atoms with E-state index in [1.165, 1.54) is 0 Å². The highest BCUT2D eigenvalue weighted by atomic mass is 16.5. The maximum Gasteiger partial charge on any atom is 0.274 e. The molecule has 128 valence electrons. The van der Waals surface area contributed by atoms with Crippen LogP contribution in [0.1, 0.15) is 21.5 Å². The Morgan fingerprint density at radius 2 is 1.58 bits per heavy atom. The van der Waals surface area contributed by atoms with Crippen LogP contribution < -0.4 is 10.2 Å². The van der Waals surface area contributed by atoms with Crippen LogP contribution in [0.2, 0.25) is 0 Å². The average Bonchev–Trinajstić information content (AvgIpc) is 2.81. The second-order valence-electron chi connectivity index (χ2n) is 5.99. The second-order valence-corrected chi connectivity index (χ2v) is 5.99. The Bertz CT molecular complexity index is 1020. The number of nitrogens with zero attached hydrogens (tertiary/aromatic N) is 1. The summed E-state index contributed by atoms with van der Waals surface area (Å²) in [5, 5.41) is 8.80. The quantitative estimate of drug-likeness (QED) is 0.423. The minimum absolute atomic E-state index is 0.387. The first-order valence-electron chi connectivity index (χ1n) is 8.21. The van der Waals surface area contributed by atoms with Gasteiger partial charge in [-0.3, -0.25) is 10.0 Å². The molecule has 0 saturated carbocycles. The van der Waals surface area contributed by atoms with E-state index in [4.69, 9.17) is 9.94 Å². The van der Waals surface area contributed by atoms with Gasteiger partial charge >= 0.3 is 0 Å². The number of nitrogens with one attached hydrogen (secondary N) is 1. The van der Waals surface area contributed by atoms with Gasteiger partial charge in [-0.15, -0.1) is 0 Å². The topological polar surface area (TPSA) is 61.6 Å². The lowest BCUT2D eigenvalue weighted by molar-refractivity contribution is -0.403. The molecule has 0 bridgehead atoms. The van der Waals surface area contributed by atoms with Gasteiger partial charge in [0, 0.05) is 17.2 Å². The molecule has 0 unspecified atom stereocenters. The van der Waals surface area contributed by atoms with Crippen LogP contribution in [0, 0.1) is 0 Å². The predicted molar refractivity (Wildman–Crippen MR) is 97.7 cm³/mol. The van der Waals surface area contributed by atoms with Gasteiger partial charge in [0.15, 0.2) is 5.75 Å². The van der Waals surface area contributed by atoms with Crippen LogP contribution in [0.4, 0.5) is 5.69 Å². The molecule has 0 aliphatic carbocycles. The van der Waals surface area contributed by atoms with E-state index >= 15 is 0 Å². The molecule has 5 nitrogen and oxygen atoms in total. The molecule has 0 aromatic heterocycles. The molecule has 3 aromatic carbocycles. The van der Waals surface area contributed by atoms with Crippen LogP contribution in [0.15, 0.2) is 72.8 Å². The number of fused-ring (bicyclic) bond motifs is 2. The lowest BCUT2D eigenvalue weighted by Crippen LogP contribution is -2.19. The lowest BCUT2D eigenvalue weighted by Gasteiger charge is -2.07. The molecule has 0 fully saturated rings. The van der Waals surface area contributed by atoms with Gasteiger partial charge in [0.1, 0.15) is 12.8 Å². The van der Waals surface area contributed by atoms with Gasteiger partial charge in [-0.25, -0.2) is 5.48 Å². The fraction of sp³-hybridized carbons (Fsp3) is 0.0476. The number of para-hydroxylation sites is 3. The minimum atomic E-state index is -0.537. The number of amides is 1. The number of hydroxylamine groups is 1. The van der Waals surface area contributed by atoms with Gasteiger partial charge in [-0.2, -0.15) is 4.58 Å². The zero-order valence-electron chi connectivity index (χ0n) is 14.1. The van der Waals surface area contributed by atoms with E-state index in [0.29, 0.717) is 5.56 Å². The Hall–Kier alpha value is -3.44. The zero-order valence-corrected chi connectivity index (χ0v) is 14.1. The SMILES string of the molecule is C[N+]1=C(c2ccc(C(=O)NO)cc2)c2ccccc2Oc2ccccc21. The van der Waals surface area contributed by atoms with Crippen LogP contribution in [0.5, 0.6) is 11.5 Å². The van der Waals surface area contributed by atoms with E-state index in [1.807, 2.05) is 67.7 Å². The number of hydrogen-bond donors (Lipinski definition) is 2. The van der Waals surface area contributed by atoms with Crippen molar-refractivity contribution in [3.63, 3.8) is 0 Å². The van der Waals surface area contributed by atoms with Crippen molar-refractivity contribution in [3.8, 4) is 11.5 Å². The highest BCUT2D eigenvalue weighted by molar-refractivity contribution is 6.12. The van der Waals surface area contributed by atoms with E-state index in [9.17, 15) is 4.79 Å². The minimum Gasteiger partial charge on any atom is -0.449 e. The van der Waals surface area contributed by atoms with Crippen LogP contribution in [0.3, 0.4) is 0 Å². The third kappa shape index (κ3) is 2.64. The van der Waals surface area contributed by atoms with Crippen LogP contribution >= 0.6 is 0 Å². The fourth-order valence-corrected chi connectivity index (χ4v) is 3.18. The van der Waals surface area contributed by atoms with Crippen LogP contribution in [-0.2, 0) is 0 Å². The Labute approximate surface area is 150 Å². The summed E-state index contributed by atoms with van der Waals surface area (Å²) in [5.41, 5.74) is 5.87. The molecule has 0 radical (unpaired) electrons. The largest absolute Gasteiger partial charge is 0.449 e. The predicted octanol–water partition coefficient (Wildman–Crippen LogP) is 3.72. The molecule has 1 heterocycles.